The van der Waals surface area contributed by atoms with Crippen LogP contribution in [0.4, 0.5) is 8.78 Å². The Morgan fingerprint density at radius 1 is 1.36 bits per heavy atom. The summed E-state index contributed by atoms with van der Waals surface area (Å²) in [7, 11) is -4.51. The maximum Gasteiger partial charge on any atom is 0.405 e. The third-order valence-corrected chi connectivity index (χ3v) is 3.84. The van der Waals surface area contributed by atoms with E-state index in [2.05, 4.69) is 4.74 Å². The quantitative estimate of drug-likeness (QED) is 0.620. The normalized spacial score (nSPS) is 13.5. The number of hydrogen-bond donors (Lipinski definition) is 2. The van der Waals surface area contributed by atoms with Crippen LogP contribution in [0.15, 0.2) is 12.1 Å². The Morgan fingerprint density at radius 2 is 1.91 bits per heavy atom. The highest BCUT2D eigenvalue weighted by molar-refractivity contribution is 7.86. The molecule has 0 spiro atoms. The summed E-state index contributed by atoms with van der Waals surface area (Å²) in [5.74, 6) is -1.59. The van der Waals surface area contributed by atoms with Crippen molar-refractivity contribution in [1.82, 2.24) is 0 Å². The molecule has 0 aliphatic carbocycles. The highest BCUT2D eigenvalue weighted by Crippen LogP contribution is 2.32. The minimum absolute atomic E-state index is 0.0823. The Bertz CT molecular complexity index is 685. The number of aromatic hydroxyl groups is 1. The van der Waals surface area contributed by atoms with E-state index < -0.39 is 27.4 Å². The van der Waals surface area contributed by atoms with Crippen LogP contribution in [0, 0.1) is 6.92 Å². The van der Waals surface area contributed by atoms with E-state index >= 15 is 0 Å². The molecule has 0 aliphatic rings. The van der Waals surface area contributed by atoms with E-state index in [1.807, 2.05) is 0 Å². The van der Waals surface area contributed by atoms with E-state index in [0.29, 0.717) is 6.92 Å². The number of methoxy groups -OCH3 is 1. The third kappa shape index (κ3) is 3.45. The molecule has 0 saturated carbocycles. The van der Waals surface area contributed by atoms with Gasteiger partial charge in [0.15, 0.2) is 17.6 Å². The molecule has 22 heavy (non-hydrogen) atoms. The van der Waals surface area contributed by atoms with Crippen LogP contribution in [0.3, 0.4) is 0 Å². The number of benzene rings is 1. The average Bonchev–Trinajstić information content (AvgIpc) is 2.40. The van der Waals surface area contributed by atoms with Crippen LogP contribution in [-0.4, -0.2) is 42.5 Å². The van der Waals surface area contributed by atoms with Gasteiger partial charge >= 0.3 is 21.3 Å². The summed E-state index contributed by atoms with van der Waals surface area (Å²) in [5, 5.41) is 4.96. The van der Waals surface area contributed by atoms with Crippen molar-refractivity contribution in [1.29, 1.82) is 0 Å². The monoisotopic (exact) mass is 340 g/mol. The SMILES string of the molecule is COc1cc(C(=O)OC(C)C(F)(F)S(=O)(=O)O)cc(C)c1O. The van der Waals surface area contributed by atoms with Gasteiger partial charge in [0.1, 0.15) is 0 Å². The lowest BCUT2D eigenvalue weighted by Gasteiger charge is -2.21. The lowest BCUT2D eigenvalue weighted by molar-refractivity contribution is -0.0550. The van der Waals surface area contributed by atoms with Gasteiger partial charge in [0, 0.05) is 0 Å². The first-order valence-electron chi connectivity index (χ1n) is 5.85. The Morgan fingerprint density at radius 3 is 2.36 bits per heavy atom. The summed E-state index contributed by atoms with van der Waals surface area (Å²) >= 11 is 0. The van der Waals surface area contributed by atoms with Crippen LogP contribution in [0.1, 0.15) is 22.8 Å². The minimum atomic E-state index is -5.73. The minimum Gasteiger partial charge on any atom is -0.504 e. The molecule has 0 bridgehead atoms. The zero-order chi connectivity index (χ0) is 17.3. The van der Waals surface area contributed by atoms with Crippen LogP contribution in [0.2, 0.25) is 0 Å². The molecule has 124 valence electrons. The molecule has 1 unspecified atom stereocenters. The number of phenolic OH excluding ortho intramolecular Hbond substituents is 1. The van der Waals surface area contributed by atoms with Crippen molar-refractivity contribution in [2.75, 3.05) is 7.11 Å². The van der Waals surface area contributed by atoms with Crippen LogP contribution < -0.4 is 4.74 Å². The van der Waals surface area contributed by atoms with Crippen molar-refractivity contribution in [3.63, 3.8) is 0 Å². The van der Waals surface area contributed by atoms with Crippen LogP contribution in [-0.2, 0) is 14.9 Å². The summed E-state index contributed by atoms with van der Waals surface area (Å²) in [6.07, 6.45) is -2.42. The van der Waals surface area contributed by atoms with Gasteiger partial charge in [0.2, 0.25) is 0 Å². The van der Waals surface area contributed by atoms with Gasteiger partial charge in [0.25, 0.3) is 0 Å². The van der Waals surface area contributed by atoms with Crippen molar-refractivity contribution in [2.24, 2.45) is 0 Å². The second kappa shape index (κ2) is 6.05. The summed E-state index contributed by atoms with van der Waals surface area (Å²) in [6, 6.07) is 2.20. The fraction of sp³-hybridized carbons (Fsp3) is 0.417. The van der Waals surface area contributed by atoms with Gasteiger partial charge in [-0.2, -0.15) is 17.2 Å². The molecule has 0 fully saturated rings. The summed E-state index contributed by atoms with van der Waals surface area (Å²) < 4.78 is 65.4. The predicted molar refractivity (Wildman–Crippen MR) is 70.8 cm³/mol. The molecular weight excluding hydrogens is 326 g/mol. The molecule has 0 saturated heterocycles. The number of ether oxygens (including phenoxy) is 2. The van der Waals surface area contributed by atoms with E-state index in [1.165, 1.54) is 14.0 Å². The van der Waals surface area contributed by atoms with Crippen molar-refractivity contribution in [3.8, 4) is 11.5 Å². The average molecular weight is 340 g/mol. The van der Waals surface area contributed by atoms with Crippen LogP contribution >= 0.6 is 0 Å². The number of aryl methyl sites for hydroxylation is 1. The fourth-order valence-electron chi connectivity index (χ4n) is 1.53. The Hall–Kier alpha value is -1.94. The molecule has 0 aromatic heterocycles. The summed E-state index contributed by atoms with van der Waals surface area (Å²) in [4.78, 5) is 11.8. The molecule has 10 heteroatoms. The number of carbonyl (C=O) groups is 1. The van der Waals surface area contributed by atoms with E-state index in [9.17, 15) is 27.1 Å². The second-order valence-electron chi connectivity index (χ2n) is 4.43. The van der Waals surface area contributed by atoms with E-state index in [1.54, 1.807) is 0 Å². The van der Waals surface area contributed by atoms with Crippen LogP contribution in [0.25, 0.3) is 0 Å². The Balaban J connectivity index is 3.07. The number of phenols is 1. The predicted octanol–water partition coefficient (Wildman–Crippen LogP) is 1.74. The number of hydrogen-bond acceptors (Lipinski definition) is 6. The first kappa shape index (κ1) is 18.1. The third-order valence-electron chi connectivity index (χ3n) is 2.82. The number of esters is 1. The number of alkyl halides is 2. The standard InChI is InChI=1S/C12H14F2O7S/c1-6-4-8(5-9(20-3)10(6)15)11(16)21-7(2)12(13,14)22(17,18)19/h4-5,7,15H,1-3H3,(H,17,18,19). The molecule has 1 aromatic carbocycles. The van der Waals surface area contributed by atoms with Crippen molar-refractivity contribution in [2.45, 2.75) is 25.2 Å². The van der Waals surface area contributed by atoms with Gasteiger partial charge in [-0.1, -0.05) is 0 Å². The van der Waals surface area contributed by atoms with Gasteiger partial charge in [-0.15, -0.1) is 0 Å². The molecule has 2 N–H and O–H groups in total. The highest BCUT2D eigenvalue weighted by Gasteiger charge is 2.52. The maximum absolute atomic E-state index is 13.3. The number of rotatable bonds is 5. The van der Waals surface area contributed by atoms with Gasteiger partial charge in [-0.05, 0) is 31.5 Å². The van der Waals surface area contributed by atoms with Gasteiger partial charge in [-0.25, -0.2) is 4.79 Å². The van der Waals surface area contributed by atoms with Gasteiger partial charge < -0.3 is 14.6 Å². The lowest BCUT2D eigenvalue weighted by atomic mass is 10.1. The molecule has 0 heterocycles. The van der Waals surface area contributed by atoms with E-state index in [-0.39, 0.29) is 22.6 Å². The van der Waals surface area contributed by atoms with E-state index in [0.717, 1.165) is 12.1 Å². The molecule has 1 atom stereocenters. The number of halogens is 2. The summed E-state index contributed by atoms with van der Waals surface area (Å²) in [5.41, 5.74) is -0.00868. The van der Waals surface area contributed by atoms with Gasteiger partial charge in [-0.3, -0.25) is 4.55 Å². The molecule has 1 aromatic rings. The molecule has 0 amide bonds. The molecule has 7 nitrogen and oxygen atoms in total. The molecule has 0 aliphatic heterocycles. The zero-order valence-corrected chi connectivity index (χ0v) is 12.6. The zero-order valence-electron chi connectivity index (χ0n) is 11.8. The maximum atomic E-state index is 13.3. The van der Waals surface area contributed by atoms with Crippen molar-refractivity contribution < 1.29 is 41.1 Å². The largest absolute Gasteiger partial charge is 0.504 e. The molecule has 0 radical (unpaired) electrons. The molecule has 1 rings (SSSR count). The second-order valence-corrected chi connectivity index (χ2v) is 5.92. The fourth-order valence-corrected chi connectivity index (χ4v) is 2.00. The summed E-state index contributed by atoms with van der Waals surface area (Å²) in [6.45, 7) is 2.06. The molecular formula is C12H14F2O7S. The first-order valence-corrected chi connectivity index (χ1v) is 7.29. The topological polar surface area (TPSA) is 110 Å². The van der Waals surface area contributed by atoms with Crippen molar-refractivity contribution in [3.05, 3.63) is 23.3 Å². The van der Waals surface area contributed by atoms with Gasteiger partial charge in [0.05, 0.1) is 12.7 Å². The van der Waals surface area contributed by atoms with E-state index in [4.69, 9.17) is 9.29 Å². The number of carbonyl (C=O) groups excluding carboxylic acids is 1. The smallest absolute Gasteiger partial charge is 0.405 e. The van der Waals surface area contributed by atoms with Crippen molar-refractivity contribution >= 4 is 16.1 Å². The van der Waals surface area contributed by atoms with Crippen LogP contribution in [0.5, 0.6) is 11.5 Å². The lowest BCUT2D eigenvalue weighted by Crippen LogP contribution is -2.42. The Labute approximate surface area is 125 Å². The highest BCUT2D eigenvalue weighted by atomic mass is 32.2. The first-order chi connectivity index (χ1) is 9.91. The Kier molecular flexibility index (Phi) is 4.98.